The summed E-state index contributed by atoms with van der Waals surface area (Å²) in [6.07, 6.45) is 0.757. The molecule has 2 aromatic rings. The van der Waals surface area contributed by atoms with Crippen LogP contribution in [0, 0.1) is 0 Å². The maximum absolute atomic E-state index is 11.4. The number of aromatic nitrogens is 1. The molecule has 0 saturated carbocycles. The number of para-hydroxylation sites is 1. The Labute approximate surface area is 98.5 Å². The largest absolute Gasteiger partial charge is 0.263 e. The van der Waals surface area contributed by atoms with Crippen LogP contribution in [0.25, 0.3) is 10.9 Å². The second-order valence-corrected chi connectivity index (χ2v) is 5.96. The molecule has 1 heterocycles. The Balaban J connectivity index is 2.85. The molecule has 1 aromatic carbocycles. The number of hydrogen-bond donors (Lipinski definition) is 0. The topological polar surface area (TPSA) is 47.0 Å². The zero-order chi connectivity index (χ0) is 11.8. The van der Waals surface area contributed by atoms with Gasteiger partial charge in [-0.3, -0.25) is 4.98 Å². The maximum atomic E-state index is 11.4. The van der Waals surface area contributed by atoms with Gasteiger partial charge in [-0.25, -0.2) is 8.42 Å². The first-order chi connectivity index (χ1) is 7.52. The highest BCUT2D eigenvalue weighted by atomic mass is 35.7. The first-order valence-corrected chi connectivity index (χ1v) is 7.16. The second kappa shape index (κ2) is 4.03. The lowest BCUT2D eigenvalue weighted by atomic mass is 10.2. The number of hydrogen-bond acceptors (Lipinski definition) is 3. The van der Waals surface area contributed by atoms with Crippen molar-refractivity contribution >= 4 is 30.6 Å². The summed E-state index contributed by atoms with van der Waals surface area (Å²) in [6, 6.07) is 8.68. The Hall–Kier alpha value is -1.13. The zero-order valence-corrected chi connectivity index (χ0v) is 10.2. The van der Waals surface area contributed by atoms with Gasteiger partial charge in [0.15, 0.2) is 0 Å². The van der Waals surface area contributed by atoms with Crippen LogP contribution in [0.1, 0.15) is 12.6 Å². The van der Waals surface area contributed by atoms with Gasteiger partial charge in [0.05, 0.1) is 5.52 Å². The predicted molar refractivity (Wildman–Crippen MR) is 64.2 cm³/mol. The van der Waals surface area contributed by atoms with Gasteiger partial charge in [0.2, 0.25) is 0 Å². The third-order valence-electron chi connectivity index (χ3n) is 2.37. The molecule has 0 bridgehead atoms. The standard InChI is InChI=1S/C11H10ClNO2S/c1-2-9-7-6-8-4-3-5-10(11(8)13-9)16(12,14)15/h3-7H,2H2,1H3. The van der Waals surface area contributed by atoms with Crippen molar-refractivity contribution in [2.75, 3.05) is 0 Å². The highest BCUT2D eigenvalue weighted by Gasteiger charge is 2.14. The van der Waals surface area contributed by atoms with E-state index >= 15 is 0 Å². The van der Waals surface area contributed by atoms with Crippen molar-refractivity contribution in [1.29, 1.82) is 0 Å². The molecular formula is C11H10ClNO2S. The van der Waals surface area contributed by atoms with Gasteiger partial charge >= 0.3 is 0 Å². The molecule has 0 atom stereocenters. The molecule has 0 aliphatic heterocycles. The van der Waals surface area contributed by atoms with Crippen molar-refractivity contribution in [3.05, 3.63) is 36.0 Å². The van der Waals surface area contributed by atoms with E-state index in [0.717, 1.165) is 17.5 Å². The summed E-state index contributed by atoms with van der Waals surface area (Å²) in [5, 5.41) is 0.777. The SMILES string of the molecule is CCc1ccc2cccc(S(=O)(=O)Cl)c2n1. The summed E-state index contributed by atoms with van der Waals surface area (Å²) >= 11 is 0. The molecule has 5 heteroatoms. The van der Waals surface area contributed by atoms with E-state index in [0.29, 0.717) is 5.52 Å². The first-order valence-electron chi connectivity index (χ1n) is 4.85. The van der Waals surface area contributed by atoms with Gasteiger partial charge in [-0.1, -0.05) is 25.1 Å². The Bertz CT molecular complexity index is 637. The van der Waals surface area contributed by atoms with Crippen molar-refractivity contribution < 1.29 is 8.42 Å². The van der Waals surface area contributed by atoms with Crippen LogP contribution in [0.15, 0.2) is 35.2 Å². The van der Waals surface area contributed by atoms with Crippen LogP contribution in [-0.2, 0) is 15.5 Å². The van der Waals surface area contributed by atoms with Gasteiger partial charge in [-0.05, 0) is 18.6 Å². The van der Waals surface area contributed by atoms with Crippen molar-refractivity contribution in [3.63, 3.8) is 0 Å². The fraction of sp³-hybridized carbons (Fsp3) is 0.182. The van der Waals surface area contributed by atoms with Crippen LogP contribution in [-0.4, -0.2) is 13.4 Å². The van der Waals surface area contributed by atoms with Gasteiger partial charge in [0.25, 0.3) is 9.05 Å². The molecule has 2 rings (SSSR count). The molecule has 0 aliphatic rings. The van der Waals surface area contributed by atoms with Crippen LogP contribution in [0.2, 0.25) is 0 Å². The molecule has 0 spiro atoms. The number of pyridine rings is 1. The average molecular weight is 256 g/mol. The van der Waals surface area contributed by atoms with Gasteiger partial charge in [-0.15, -0.1) is 0 Å². The summed E-state index contributed by atoms with van der Waals surface area (Å²) in [7, 11) is 1.62. The molecule has 84 valence electrons. The fourth-order valence-corrected chi connectivity index (χ4v) is 2.56. The van der Waals surface area contributed by atoms with E-state index in [2.05, 4.69) is 4.98 Å². The molecule has 0 saturated heterocycles. The molecule has 16 heavy (non-hydrogen) atoms. The summed E-state index contributed by atoms with van der Waals surface area (Å²) in [6.45, 7) is 1.96. The lowest BCUT2D eigenvalue weighted by Gasteiger charge is -2.04. The van der Waals surface area contributed by atoms with E-state index in [-0.39, 0.29) is 4.90 Å². The second-order valence-electron chi connectivity index (χ2n) is 3.42. The average Bonchev–Trinajstić information content (AvgIpc) is 2.26. The number of nitrogens with zero attached hydrogens (tertiary/aromatic N) is 1. The third kappa shape index (κ3) is 2.03. The van der Waals surface area contributed by atoms with Gasteiger partial charge in [0, 0.05) is 21.8 Å². The number of fused-ring (bicyclic) bond motifs is 1. The van der Waals surface area contributed by atoms with Gasteiger partial charge < -0.3 is 0 Å². The summed E-state index contributed by atoms with van der Waals surface area (Å²) in [5.74, 6) is 0. The van der Waals surface area contributed by atoms with Crippen LogP contribution in [0.3, 0.4) is 0 Å². The fourth-order valence-electron chi connectivity index (χ4n) is 1.55. The van der Waals surface area contributed by atoms with E-state index in [4.69, 9.17) is 10.7 Å². The van der Waals surface area contributed by atoms with Gasteiger partial charge in [0.1, 0.15) is 4.90 Å². The van der Waals surface area contributed by atoms with Crippen LogP contribution >= 0.6 is 10.7 Å². The summed E-state index contributed by atoms with van der Waals surface area (Å²) in [4.78, 5) is 4.37. The minimum atomic E-state index is -3.74. The predicted octanol–water partition coefficient (Wildman–Crippen LogP) is 2.72. The Morgan fingerprint density at radius 1 is 1.25 bits per heavy atom. The molecule has 3 nitrogen and oxygen atoms in total. The molecule has 0 radical (unpaired) electrons. The zero-order valence-electron chi connectivity index (χ0n) is 8.64. The van der Waals surface area contributed by atoms with E-state index in [9.17, 15) is 8.42 Å². The molecule has 0 unspecified atom stereocenters. The highest BCUT2D eigenvalue weighted by molar-refractivity contribution is 8.14. The number of rotatable bonds is 2. The molecular weight excluding hydrogens is 246 g/mol. The Kier molecular flexibility index (Phi) is 2.86. The number of halogens is 1. The molecule has 1 aromatic heterocycles. The van der Waals surface area contributed by atoms with Crippen molar-refractivity contribution in [1.82, 2.24) is 4.98 Å². The Morgan fingerprint density at radius 3 is 2.62 bits per heavy atom. The monoisotopic (exact) mass is 255 g/mol. The van der Waals surface area contributed by atoms with Crippen molar-refractivity contribution in [2.45, 2.75) is 18.2 Å². The van der Waals surface area contributed by atoms with Gasteiger partial charge in [-0.2, -0.15) is 0 Å². The van der Waals surface area contributed by atoms with E-state index < -0.39 is 9.05 Å². The van der Waals surface area contributed by atoms with Crippen molar-refractivity contribution in [3.8, 4) is 0 Å². The molecule has 0 N–H and O–H groups in total. The summed E-state index contributed by atoms with van der Waals surface area (Å²) in [5.41, 5.74) is 1.29. The maximum Gasteiger partial charge on any atom is 0.263 e. The van der Waals surface area contributed by atoms with E-state index in [1.165, 1.54) is 6.07 Å². The molecule has 0 aliphatic carbocycles. The normalized spacial score (nSPS) is 11.9. The highest BCUT2D eigenvalue weighted by Crippen LogP contribution is 2.24. The minimum absolute atomic E-state index is 0.0713. The lowest BCUT2D eigenvalue weighted by Crippen LogP contribution is -1.96. The quantitative estimate of drug-likeness (QED) is 0.776. The number of aryl methyl sites for hydroxylation is 1. The van der Waals surface area contributed by atoms with Crippen LogP contribution < -0.4 is 0 Å². The third-order valence-corrected chi connectivity index (χ3v) is 3.72. The lowest BCUT2D eigenvalue weighted by molar-refractivity contribution is 0.610. The van der Waals surface area contributed by atoms with Crippen LogP contribution in [0.5, 0.6) is 0 Å². The molecule has 0 fully saturated rings. The smallest absolute Gasteiger partial charge is 0.251 e. The minimum Gasteiger partial charge on any atom is -0.251 e. The molecule has 0 amide bonds. The van der Waals surface area contributed by atoms with E-state index in [1.807, 2.05) is 25.1 Å². The first kappa shape index (κ1) is 11.4. The van der Waals surface area contributed by atoms with E-state index in [1.54, 1.807) is 6.07 Å². The number of benzene rings is 1. The summed E-state index contributed by atoms with van der Waals surface area (Å²) < 4.78 is 22.7. The Morgan fingerprint density at radius 2 is 2.00 bits per heavy atom. The van der Waals surface area contributed by atoms with Crippen LogP contribution in [0.4, 0.5) is 0 Å². The van der Waals surface area contributed by atoms with Crippen molar-refractivity contribution in [2.24, 2.45) is 0 Å².